The predicted octanol–water partition coefficient (Wildman–Crippen LogP) is 22.7. The second-order valence-corrected chi connectivity index (χ2v) is 27.4. The molecule has 0 fully saturated rings. The molecule has 1 amide bonds. The molecule has 80 heavy (non-hydrogen) atoms. The minimum Gasteiger partial charge on any atom is -0.387 e. The maximum atomic E-state index is 13.1. The molecule has 0 aliphatic carbocycles. The number of hydrogen-bond acceptors (Lipinski definition) is 5. The molecule has 0 aliphatic rings. The third-order valence-corrected chi connectivity index (χ3v) is 17.6. The standard InChI is InChI=1S/C71H141N2O6P/c1-6-8-10-12-14-16-18-20-22-24-26-28-30-31-32-33-34-35-36-37-38-39-40-41-43-45-47-49-51-53-55-57-59-61-63-65-71(75)72-69(68-79-80(76,77)78-67-66-73(3,4)5)70(74)64-62-60-58-56-54-52-50-48-46-44-42-29-27-25-23-21-19-17-15-13-11-9-7-2/h24,26,62,64,69-70,74H,6-23,25,27-61,63,65-68H2,1-5H3,(H-,72,75,76,77)/p+1/b26-24-,64-62+. The van der Waals surface area contributed by atoms with Crippen LogP contribution in [0.1, 0.15) is 373 Å². The van der Waals surface area contributed by atoms with Crippen molar-refractivity contribution in [2.75, 3.05) is 40.9 Å². The van der Waals surface area contributed by atoms with E-state index in [9.17, 15) is 19.4 Å². The van der Waals surface area contributed by atoms with Gasteiger partial charge < -0.3 is 19.8 Å². The van der Waals surface area contributed by atoms with Gasteiger partial charge >= 0.3 is 7.82 Å². The number of amides is 1. The van der Waals surface area contributed by atoms with Crippen LogP contribution in [0.4, 0.5) is 0 Å². The van der Waals surface area contributed by atoms with Crippen molar-refractivity contribution in [1.29, 1.82) is 0 Å². The van der Waals surface area contributed by atoms with Crippen LogP contribution in [0.3, 0.4) is 0 Å². The number of carbonyl (C=O) groups excluding carboxylic acids is 1. The molecule has 0 aromatic rings. The minimum atomic E-state index is -4.35. The third kappa shape index (κ3) is 64.5. The number of unbranched alkanes of at least 4 members (excludes halogenated alkanes) is 52. The molecule has 0 aromatic heterocycles. The first-order valence-electron chi connectivity index (χ1n) is 35.7. The van der Waals surface area contributed by atoms with Crippen molar-refractivity contribution in [3.05, 3.63) is 24.3 Å². The normalized spacial score (nSPS) is 13.7. The van der Waals surface area contributed by atoms with Gasteiger partial charge in [0.05, 0.1) is 39.9 Å². The monoisotopic (exact) mass is 1150 g/mol. The summed E-state index contributed by atoms with van der Waals surface area (Å²) in [5.41, 5.74) is 0. The largest absolute Gasteiger partial charge is 0.472 e. The second kappa shape index (κ2) is 62.5. The maximum absolute atomic E-state index is 13.1. The van der Waals surface area contributed by atoms with Crippen LogP contribution in [0.25, 0.3) is 0 Å². The summed E-state index contributed by atoms with van der Waals surface area (Å²) in [6.45, 7) is 4.88. The van der Waals surface area contributed by atoms with Gasteiger partial charge in [0, 0.05) is 6.42 Å². The molecule has 0 heterocycles. The first-order chi connectivity index (χ1) is 39.0. The first kappa shape index (κ1) is 79.0. The van der Waals surface area contributed by atoms with Gasteiger partial charge in [-0.1, -0.05) is 346 Å². The van der Waals surface area contributed by atoms with Crippen molar-refractivity contribution in [2.45, 2.75) is 386 Å². The van der Waals surface area contributed by atoms with E-state index in [0.29, 0.717) is 17.4 Å². The molecule has 0 saturated carbocycles. The van der Waals surface area contributed by atoms with Gasteiger partial charge in [0.25, 0.3) is 0 Å². The van der Waals surface area contributed by atoms with Crippen molar-refractivity contribution in [3.8, 4) is 0 Å². The Morgan fingerprint density at radius 3 is 0.963 bits per heavy atom. The zero-order valence-corrected chi connectivity index (χ0v) is 55.5. The highest BCUT2D eigenvalue weighted by atomic mass is 31.2. The predicted molar refractivity (Wildman–Crippen MR) is 351 cm³/mol. The van der Waals surface area contributed by atoms with Gasteiger partial charge in [-0.15, -0.1) is 0 Å². The SMILES string of the molecule is CCCCCCCCCC/C=C\CCCCCCCCCCCCCCCCCCCCCCCCCC(=O)NC(COP(=O)(O)OCC[N+](C)(C)C)C(O)/C=C/CCCCCCCCCCCCCCCCCCCCCCC. The quantitative estimate of drug-likeness (QED) is 0.0243. The van der Waals surface area contributed by atoms with Gasteiger partial charge in [0.15, 0.2) is 0 Å². The number of likely N-dealkylation sites (N-methyl/N-ethyl adjacent to an activating group) is 1. The number of aliphatic hydroxyl groups is 1. The van der Waals surface area contributed by atoms with E-state index in [4.69, 9.17) is 9.05 Å². The molecule has 0 saturated heterocycles. The zero-order valence-electron chi connectivity index (χ0n) is 54.6. The molecule has 3 atom stereocenters. The summed E-state index contributed by atoms with van der Waals surface area (Å²) in [6, 6.07) is -0.845. The van der Waals surface area contributed by atoms with E-state index >= 15 is 0 Å². The van der Waals surface area contributed by atoms with Gasteiger partial charge in [-0.25, -0.2) is 4.57 Å². The number of phosphoric ester groups is 1. The molecule has 476 valence electrons. The van der Waals surface area contributed by atoms with Gasteiger partial charge in [0.2, 0.25) is 5.91 Å². The zero-order chi connectivity index (χ0) is 58.4. The summed E-state index contributed by atoms with van der Waals surface area (Å²) in [4.78, 5) is 23.4. The molecule has 0 rings (SSSR count). The van der Waals surface area contributed by atoms with Crippen LogP contribution in [-0.4, -0.2) is 73.4 Å². The van der Waals surface area contributed by atoms with Crippen molar-refractivity contribution in [3.63, 3.8) is 0 Å². The Morgan fingerprint density at radius 2 is 0.675 bits per heavy atom. The maximum Gasteiger partial charge on any atom is 0.472 e. The fourth-order valence-electron chi connectivity index (χ4n) is 11.1. The van der Waals surface area contributed by atoms with E-state index in [1.807, 2.05) is 27.2 Å². The molecule has 9 heteroatoms. The van der Waals surface area contributed by atoms with Gasteiger partial charge in [-0.2, -0.15) is 0 Å². The Bertz CT molecular complexity index is 1350. The summed E-state index contributed by atoms with van der Waals surface area (Å²) >= 11 is 0. The summed E-state index contributed by atoms with van der Waals surface area (Å²) in [5, 5.41) is 14.0. The summed E-state index contributed by atoms with van der Waals surface area (Å²) in [7, 11) is 1.59. The molecule has 0 aliphatic heterocycles. The highest BCUT2D eigenvalue weighted by Crippen LogP contribution is 2.43. The number of phosphoric acid groups is 1. The molecule has 0 aromatic carbocycles. The van der Waals surface area contributed by atoms with E-state index < -0.39 is 20.0 Å². The van der Waals surface area contributed by atoms with Crippen molar-refractivity contribution < 1.29 is 32.9 Å². The first-order valence-corrected chi connectivity index (χ1v) is 37.2. The average molecular weight is 1150 g/mol. The molecule has 0 bridgehead atoms. The smallest absolute Gasteiger partial charge is 0.387 e. The highest BCUT2D eigenvalue weighted by Gasteiger charge is 2.28. The second-order valence-electron chi connectivity index (χ2n) is 26.0. The van der Waals surface area contributed by atoms with Gasteiger partial charge in [-0.05, 0) is 44.9 Å². The fourth-order valence-corrected chi connectivity index (χ4v) is 11.8. The number of nitrogens with zero attached hydrogens (tertiary/aromatic N) is 1. The molecule has 3 N–H and O–H groups in total. The average Bonchev–Trinajstić information content (AvgIpc) is 3.42. The Hall–Kier alpha value is -1.02. The fraction of sp³-hybridized carbons (Fsp3) is 0.930. The van der Waals surface area contributed by atoms with Crippen LogP contribution in [0.15, 0.2) is 24.3 Å². The topological polar surface area (TPSA) is 105 Å². The third-order valence-electron chi connectivity index (χ3n) is 16.7. The van der Waals surface area contributed by atoms with Crippen molar-refractivity contribution in [1.82, 2.24) is 5.32 Å². The molecule has 8 nitrogen and oxygen atoms in total. The van der Waals surface area contributed by atoms with Gasteiger partial charge in [0.1, 0.15) is 13.2 Å². The lowest BCUT2D eigenvalue weighted by atomic mass is 10.0. The summed E-state index contributed by atoms with van der Waals surface area (Å²) in [6.07, 6.45) is 81.9. The summed E-state index contributed by atoms with van der Waals surface area (Å²) < 4.78 is 23.8. The van der Waals surface area contributed by atoms with Crippen LogP contribution in [0.2, 0.25) is 0 Å². The Kier molecular flexibility index (Phi) is 61.7. The minimum absolute atomic E-state index is 0.0647. The number of carbonyl (C=O) groups is 1. The molecule has 0 radical (unpaired) electrons. The Labute approximate surface area is 500 Å². The van der Waals surface area contributed by atoms with E-state index in [0.717, 1.165) is 32.1 Å². The van der Waals surface area contributed by atoms with Crippen LogP contribution >= 0.6 is 7.82 Å². The lowest BCUT2D eigenvalue weighted by Crippen LogP contribution is -2.45. The van der Waals surface area contributed by atoms with Gasteiger partial charge in [-0.3, -0.25) is 13.8 Å². The number of allylic oxidation sites excluding steroid dienone is 3. The van der Waals surface area contributed by atoms with E-state index in [2.05, 4.69) is 31.3 Å². The van der Waals surface area contributed by atoms with Crippen LogP contribution in [0, 0.1) is 0 Å². The highest BCUT2D eigenvalue weighted by molar-refractivity contribution is 7.47. The number of aliphatic hydroxyl groups excluding tert-OH is 1. The van der Waals surface area contributed by atoms with Crippen LogP contribution < -0.4 is 5.32 Å². The van der Waals surface area contributed by atoms with Crippen LogP contribution in [0.5, 0.6) is 0 Å². The van der Waals surface area contributed by atoms with Crippen molar-refractivity contribution >= 4 is 13.7 Å². The Morgan fingerprint density at radius 1 is 0.412 bits per heavy atom. The Balaban J connectivity index is 3.98. The lowest BCUT2D eigenvalue weighted by Gasteiger charge is -2.25. The number of nitrogens with one attached hydrogen (secondary N) is 1. The number of hydrogen-bond donors (Lipinski definition) is 3. The molecular weight excluding hydrogens is 1010 g/mol. The van der Waals surface area contributed by atoms with Crippen molar-refractivity contribution in [2.24, 2.45) is 0 Å². The molecule has 3 unspecified atom stereocenters. The molecular formula is C71H142N2O6P+. The lowest BCUT2D eigenvalue weighted by molar-refractivity contribution is -0.870. The van der Waals surface area contributed by atoms with E-state index in [-0.39, 0.29) is 19.1 Å². The van der Waals surface area contributed by atoms with Crippen LogP contribution in [-0.2, 0) is 18.4 Å². The molecule has 0 spiro atoms. The van der Waals surface area contributed by atoms with E-state index in [1.54, 1.807) is 6.08 Å². The number of rotatable bonds is 67. The number of quaternary nitrogens is 1. The van der Waals surface area contributed by atoms with E-state index in [1.165, 1.54) is 321 Å². The summed E-state index contributed by atoms with van der Waals surface area (Å²) in [5.74, 6) is -0.168.